The molecule has 1 saturated heterocycles. The largest absolute Gasteiger partial charge is 0.378 e. The second-order valence-electron chi connectivity index (χ2n) is 3.47. The lowest BCUT2D eigenvalue weighted by Gasteiger charge is -2.28. The SMILES string of the molecule is Cc1nonc1CC(=S)N1CCOCC1. The maximum absolute atomic E-state index is 5.34. The lowest BCUT2D eigenvalue weighted by Crippen LogP contribution is -2.40. The molecule has 1 aliphatic heterocycles. The minimum atomic E-state index is 0.630. The van der Waals surface area contributed by atoms with Crippen LogP contribution in [0.3, 0.4) is 0 Å². The van der Waals surface area contributed by atoms with Crippen LogP contribution < -0.4 is 0 Å². The predicted octanol–water partition coefficient (Wildman–Crippen LogP) is 0.580. The maximum Gasteiger partial charge on any atom is 0.114 e. The van der Waals surface area contributed by atoms with E-state index in [4.69, 9.17) is 17.0 Å². The molecule has 1 fully saturated rings. The first-order valence-corrected chi connectivity index (χ1v) is 5.32. The van der Waals surface area contributed by atoms with Crippen molar-refractivity contribution >= 4 is 17.2 Å². The summed E-state index contributed by atoms with van der Waals surface area (Å²) in [5, 5.41) is 7.54. The van der Waals surface area contributed by atoms with Gasteiger partial charge in [0.05, 0.1) is 18.2 Å². The van der Waals surface area contributed by atoms with Crippen molar-refractivity contribution in [3.8, 4) is 0 Å². The van der Waals surface area contributed by atoms with Gasteiger partial charge in [-0.1, -0.05) is 22.5 Å². The van der Waals surface area contributed by atoms with E-state index < -0.39 is 0 Å². The van der Waals surface area contributed by atoms with Gasteiger partial charge in [0.15, 0.2) is 0 Å². The topological polar surface area (TPSA) is 51.4 Å². The molecule has 0 atom stereocenters. The Morgan fingerprint density at radius 1 is 1.40 bits per heavy atom. The third-order valence-electron chi connectivity index (χ3n) is 2.43. The molecule has 2 rings (SSSR count). The van der Waals surface area contributed by atoms with Crippen molar-refractivity contribution in [3.63, 3.8) is 0 Å². The molecule has 82 valence electrons. The summed E-state index contributed by atoms with van der Waals surface area (Å²) in [6.45, 7) is 5.09. The zero-order chi connectivity index (χ0) is 10.7. The van der Waals surface area contributed by atoms with Crippen molar-refractivity contribution in [2.45, 2.75) is 13.3 Å². The fourth-order valence-electron chi connectivity index (χ4n) is 1.48. The van der Waals surface area contributed by atoms with Gasteiger partial charge >= 0.3 is 0 Å². The van der Waals surface area contributed by atoms with Crippen LogP contribution >= 0.6 is 12.2 Å². The van der Waals surface area contributed by atoms with Gasteiger partial charge in [0.1, 0.15) is 11.4 Å². The fourth-order valence-corrected chi connectivity index (χ4v) is 1.80. The van der Waals surface area contributed by atoms with Crippen LogP contribution in [0, 0.1) is 6.92 Å². The van der Waals surface area contributed by atoms with E-state index in [-0.39, 0.29) is 0 Å². The van der Waals surface area contributed by atoms with Crippen molar-refractivity contribution in [2.24, 2.45) is 0 Å². The average Bonchev–Trinajstić information content (AvgIpc) is 2.66. The Kier molecular flexibility index (Phi) is 3.27. The van der Waals surface area contributed by atoms with Gasteiger partial charge in [-0.25, -0.2) is 4.63 Å². The maximum atomic E-state index is 5.34. The van der Waals surface area contributed by atoms with E-state index in [1.807, 2.05) is 6.92 Å². The van der Waals surface area contributed by atoms with Crippen molar-refractivity contribution < 1.29 is 9.37 Å². The molecule has 1 aliphatic rings. The Bertz CT molecular complexity index is 347. The summed E-state index contributed by atoms with van der Waals surface area (Å²) in [4.78, 5) is 3.03. The quantitative estimate of drug-likeness (QED) is 0.689. The molecule has 1 aromatic rings. The van der Waals surface area contributed by atoms with Crippen LogP contribution in [0.15, 0.2) is 4.63 Å². The van der Waals surface area contributed by atoms with Crippen LogP contribution in [0.4, 0.5) is 0 Å². The molecule has 6 heteroatoms. The highest BCUT2D eigenvalue weighted by Gasteiger charge is 2.16. The molecule has 0 bridgehead atoms. The predicted molar refractivity (Wildman–Crippen MR) is 57.7 cm³/mol. The molecule has 5 nitrogen and oxygen atoms in total. The summed E-state index contributed by atoms with van der Waals surface area (Å²) in [6.07, 6.45) is 0.630. The first kappa shape index (κ1) is 10.5. The second-order valence-corrected chi connectivity index (χ2v) is 3.94. The molecule has 0 unspecified atom stereocenters. The molecular formula is C9H13N3O2S. The van der Waals surface area contributed by atoms with Crippen molar-refractivity contribution in [1.82, 2.24) is 15.2 Å². The Labute approximate surface area is 93.3 Å². The molecule has 0 amide bonds. The molecule has 0 saturated carbocycles. The number of aromatic nitrogens is 2. The minimum Gasteiger partial charge on any atom is -0.378 e. The lowest BCUT2D eigenvalue weighted by atomic mass is 10.2. The van der Waals surface area contributed by atoms with E-state index in [1.54, 1.807) is 0 Å². The third-order valence-corrected chi connectivity index (χ3v) is 2.83. The summed E-state index contributed by atoms with van der Waals surface area (Å²) in [5.74, 6) is 0. The Balaban J connectivity index is 1.94. The highest BCUT2D eigenvalue weighted by Crippen LogP contribution is 2.07. The number of aryl methyl sites for hydroxylation is 1. The van der Waals surface area contributed by atoms with Crippen LogP contribution in [-0.4, -0.2) is 46.5 Å². The van der Waals surface area contributed by atoms with Gasteiger partial charge in [-0.2, -0.15) is 0 Å². The van der Waals surface area contributed by atoms with E-state index in [0.717, 1.165) is 42.7 Å². The highest BCUT2D eigenvalue weighted by atomic mass is 32.1. The lowest BCUT2D eigenvalue weighted by molar-refractivity contribution is 0.0684. The molecule has 15 heavy (non-hydrogen) atoms. The Hall–Kier alpha value is -1.01. The molecule has 1 aromatic heterocycles. The minimum absolute atomic E-state index is 0.630. The van der Waals surface area contributed by atoms with Crippen LogP contribution in [0.1, 0.15) is 11.4 Å². The monoisotopic (exact) mass is 227 g/mol. The van der Waals surface area contributed by atoms with E-state index in [2.05, 4.69) is 19.8 Å². The van der Waals surface area contributed by atoms with Gasteiger partial charge < -0.3 is 9.64 Å². The number of thiocarbonyl (C=S) groups is 1. The van der Waals surface area contributed by atoms with Crippen molar-refractivity contribution in [3.05, 3.63) is 11.4 Å². The third kappa shape index (κ3) is 2.51. The summed E-state index contributed by atoms with van der Waals surface area (Å²) >= 11 is 5.34. The molecule has 0 spiro atoms. The zero-order valence-corrected chi connectivity index (χ0v) is 9.42. The molecular weight excluding hydrogens is 214 g/mol. The van der Waals surface area contributed by atoms with Gasteiger partial charge in [-0.3, -0.25) is 0 Å². The van der Waals surface area contributed by atoms with Gasteiger partial charge in [0, 0.05) is 19.5 Å². The van der Waals surface area contributed by atoms with Crippen LogP contribution in [0.25, 0.3) is 0 Å². The number of hydrogen-bond donors (Lipinski definition) is 0. The van der Waals surface area contributed by atoms with Crippen molar-refractivity contribution in [1.29, 1.82) is 0 Å². The normalized spacial score (nSPS) is 16.7. The number of morpholine rings is 1. The number of hydrogen-bond acceptors (Lipinski definition) is 5. The van der Waals surface area contributed by atoms with E-state index in [9.17, 15) is 0 Å². The smallest absolute Gasteiger partial charge is 0.114 e. The second kappa shape index (κ2) is 4.67. The average molecular weight is 227 g/mol. The zero-order valence-electron chi connectivity index (χ0n) is 8.60. The van der Waals surface area contributed by atoms with Gasteiger partial charge in [-0.05, 0) is 6.92 Å². The number of rotatable bonds is 2. The molecule has 0 aromatic carbocycles. The van der Waals surface area contributed by atoms with Crippen molar-refractivity contribution in [2.75, 3.05) is 26.3 Å². The molecule has 0 radical (unpaired) electrons. The molecule has 2 heterocycles. The standard InChI is InChI=1S/C9H13N3O2S/c1-7-8(11-14-10-7)6-9(15)12-2-4-13-5-3-12/h2-6H2,1H3. The van der Waals surface area contributed by atoms with Crippen LogP contribution in [0.2, 0.25) is 0 Å². The molecule has 0 aliphatic carbocycles. The number of nitrogens with zero attached hydrogens (tertiary/aromatic N) is 3. The van der Waals surface area contributed by atoms with E-state index in [0.29, 0.717) is 6.42 Å². The first-order valence-electron chi connectivity index (χ1n) is 4.91. The first-order chi connectivity index (χ1) is 7.27. The highest BCUT2D eigenvalue weighted by molar-refractivity contribution is 7.80. The summed E-state index contributed by atoms with van der Waals surface area (Å²) < 4.78 is 9.89. The summed E-state index contributed by atoms with van der Waals surface area (Å²) in [6, 6.07) is 0. The number of ether oxygens (including phenoxy) is 1. The van der Waals surface area contributed by atoms with Crippen LogP contribution in [-0.2, 0) is 11.2 Å². The summed E-state index contributed by atoms with van der Waals surface area (Å²) in [5.41, 5.74) is 1.64. The van der Waals surface area contributed by atoms with Gasteiger partial charge in [0.2, 0.25) is 0 Å². The van der Waals surface area contributed by atoms with E-state index in [1.165, 1.54) is 0 Å². The summed E-state index contributed by atoms with van der Waals surface area (Å²) in [7, 11) is 0. The van der Waals surface area contributed by atoms with Gasteiger partial charge in [0.25, 0.3) is 0 Å². The van der Waals surface area contributed by atoms with Gasteiger partial charge in [-0.15, -0.1) is 0 Å². The Morgan fingerprint density at radius 3 is 2.73 bits per heavy atom. The Morgan fingerprint density at radius 2 is 2.13 bits per heavy atom. The fraction of sp³-hybridized carbons (Fsp3) is 0.667. The van der Waals surface area contributed by atoms with E-state index >= 15 is 0 Å². The molecule has 0 N–H and O–H groups in total. The van der Waals surface area contributed by atoms with Crippen LogP contribution in [0.5, 0.6) is 0 Å².